The summed E-state index contributed by atoms with van der Waals surface area (Å²) in [5, 5.41) is 6.61. The van der Waals surface area contributed by atoms with Crippen LogP contribution < -0.4 is 15.5 Å². The zero-order valence-electron chi connectivity index (χ0n) is 20.8. The summed E-state index contributed by atoms with van der Waals surface area (Å²) in [6.07, 6.45) is 12.7. The smallest absolute Gasteiger partial charge is 0.259 e. The highest BCUT2D eigenvalue weighted by Crippen LogP contribution is 2.26. The molecule has 0 saturated carbocycles. The van der Waals surface area contributed by atoms with Crippen LogP contribution in [0.3, 0.4) is 0 Å². The summed E-state index contributed by atoms with van der Waals surface area (Å²) in [6, 6.07) is 9.35. The second kappa shape index (κ2) is 13.4. The second-order valence-corrected chi connectivity index (χ2v) is 9.64. The van der Waals surface area contributed by atoms with Gasteiger partial charge in [0.05, 0.1) is 5.56 Å². The molecule has 1 fully saturated rings. The number of benzene rings is 1. The fraction of sp³-hybridized carbons (Fsp3) is 0.536. The number of hydrogen-bond acceptors (Lipinski definition) is 5. The molecule has 1 saturated heterocycles. The van der Waals surface area contributed by atoms with E-state index in [1.807, 2.05) is 29.2 Å². The molecular formula is C28H39N5O2. The first-order valence-corrected chi connectivity index (χ1v) is 13.3. The van der Waals surface area contributed by atoms with Gasteiger partial charge in [-0.1, -0.05) is 25.7 Å². The van der Waals surface area contributed by atoms with Gasteiger partial charge < -0.3 is 20.4 Å². The molecule has 0 spiro atoms. The lowest BCUT2D eigenvalue weighted by Gasteiger charge is -2.27. The SMILES string of the molecule is O=C(NCCN1CCCCC1)c1ccc2c(c1)CNCCCCCCCN2C(=O)c1cccnc1. The number of likely N-dealkylation sites (tertiary alicyclic amines) is 1. The van der Waals surface area contributed by atoms with E-state index in [1.54, 1.807) is 18.5 Å². The molecule has 188 valence electrons. The lowest BCUT2D eigenvalue weighted by molar-refractivity contribution is 0.0945. The average molecular weight is 478 g/mol. The maximum Gasteiger partial charge on any atom is 0.259 e. The second-order valence-electron chi connectivity index (χ2n) is 9.64. The summed E-state index contributed by atoms with van der Waals surface area (Å²) < 4.78 is 0. The van der Waals surface area contributed by atoms with E-state index >= 15 is 0 Å². The van der Waals surface area contributed by atoms with Crippen LogP contribution in [0.1, 0.15) is 77.6 Å². The average Bonchev–Trinajstić information content (AvgIpc) is 2.90. The standard InChI is InChI=1S/C28H39N5O2/c34-27(31-15-19-32-16-6-4-7-17-32)23-11-12-26-25(20-23)22-29-13-5-2-1-3-8-18-33(26)28(35)24-10-9-14-30-21-24/h9-12,14,20-21,29H,1-8,13,15-19,22H2,(H,31,34). The van der Waals surface area contributed by atoms with Crippen LogP contribution in [-0.4, -0.2) is 61.0 Å². The van der Waals surface area contributed by atoms with E-state index in [4.69, 9.17) is 0 Å². The van der Waals surface area contributed by atoms with Crippen LogP contribution in [0.2, 0.25) is 0 Å². The van der Waals surface area contributed by atoms with Crippen molar-refractivity contribution < 1.29 is 9.59 Å². The lowest BCUT2D eigenvalue weighted by Crippen LogP contribution is -2.37. The Morgan fingerprint density at radius 2 is 1.69 bits per heavy atom. The molecule has 35 heavy (non-hydrogen) atoms. The van der Waals surface area contributed by atoms with E-state index < -0.39 is 0 Å². The number of hydrogen-bond donors (Lipinski definition) is 2. The molecule has 2 aliphatic heterocycles. The number of rotatable bonds is 5. The third-order valence-electron chi connectivity index (χ3n) is 7.00. The maximum absolute atomic E-state index is 13.5. The van der Waals surface area contributed by atoms with Crippen molar-refractivity contribution in [3.63, 3.8) is 0 Å². The fourth-order valence-corrected chi connectivity index (χ4v) is 4.99. The Morgan fingerprint density at radius 3 is 2.51 bits per heavy atom. The topological polar surface area (TPSA) is 77.6 Å². The van der Waals surface area contributed by atoms with Crippen LogP contribution in [0.15, 0.2) is 42.7 Å². The van der Waals surface area contributed by atoms with Gasteiger partial charge in [-0.2, -0.15) is 0 Å². The third-order valence-corrected chi connectivity index (χ3v) is 7.00. The Bertz CT molecular complexity index is 959. The molecule has 1 aromatic carbocycles. The van der Waals surface area contributed by atoms with Gasteiger partial charge in [-0.15, -0.1) is 0 Å². The highest BCUT2D eigenvalue weighted by Gasteiger charge is 2.22. The molecule has 7 heteroatoms. The van der Waals surface area contributed by atoms with Gasteiger partial charge in [0.25, 0.3) is 11.8 Å². The summed E-state index contributed by atoms with van der Waals surface area (Å²) in [6.45, 7) is 6.01. The van der Waals surface area contributed by atoms with Crippen LogP contribution in [-0.2, 0) is 6.54 Å². The molecule has 2 amide bonds. The zero-order valence-corrected chi connectivity index (χ0v) is 20.8. The highest BCUT2D eigenvalue weighted by atomic mass is 16.2. The largest absolute Gasteiger partial charge is 0.351 e. The van der Waals surface area contributed by atoms with Gasteiger partial charge in [-0.05, 0) is 81.2 Å². The predicted molar refractivity (Wildman–Crippen MR) is 140 cm³/mol. The first-order valence-electron chi connectivity index (χ1n) is 13.3. The van der Waals surface area contributed by atoms with Crippen LogP contribution in [0, 0.1) is 0 Å². The third kappa shape index (κ3) is 7.36. The monoisotopic (exact) mass is 477 g/mol. The number of amides is 2. The van der Waals surface area contributed by atoms with Crippen LogP contribution >= 0.6 is 0 Å². The summed E-state index contributed by atoms with van der Waals surface area (Å²) in [5.74, 6) is -0.101. The van der Waals surface area contributed by atoms with Gasteiger partial charge in [0.2, 0.25) is 0 Å². The zero-order chi connectivity index (χ0) is 24.3. The van der Waals surface area contributed by atoms with E-state index in [0.29, 0.717) is 30.8 Å². The van der Waals surface area contributed by atoms with Gasteiger partial charge in [-0.25, -0.2) is 0 Å². The minimum Gasteiger partial charge on any atom is -0.351 e. The molecule has 0 aliphatic carbocycles. The van der Waals surface area contributed by atoms with E-state index in [-0.39, 0.29) is 11.8 Å². The lowest BCUT2D eigenvalue weighted by atomic mass is 10.0. The minimum atomic E-state index is -0.0546. The Kier molecular flexibility index (Phi) is 9.66. The van der Waals surface area contributed by atoms with Gasteiger partial charge in [0.15, 0.2) is 0 Å². The Morgan fingerprint density at radius 1 is 0.914 bits per heavy atom. The number of carbonyl (C=O) groups is 2. The van der Waals surface area contributed by atoms with Crippen molar-refractivity contribution in [2.45, 2.75) is 57.9 Å². The van der Waals surface area contributed by atoms with Crippen LogP contribution in [0.5, 0.6) is 0 Å². The van der Waals surface area contributed by atoms with E-state index in [2.05, 4.69) is 20.5 Å². The minimum absolute atomic E-state index is 0.0462. The summed E-state index contributed by atoms with van der Waals surface area (Å²) in [4.78, 5) is 34.9. The number of nitrogens with zero attached hydrogens (tertiary/aromatic N) is 3. The summed E-state index contributed by atoms with van der Waals surface area (Å²) in [5.41, 5.74) is 3.08. The van der Waals surface area contributed by atoms with Crippen LogP contribution in [0.25, 0.3) is 0 Å². The van der Waals surface area contributed by atoms with Crippen molar-refractivity contribution in [3.05, 3.63) is 59.4 Å². The molecule has 0 unspecified atom stereocenters. The molecule has 4 rings (SSSR count). The van der Waals surface area contributed by atoms with Gasteiger partial charge in [0, 0.05) is 49.8 Å². The molecule has 2 aromatic rings. The van der Waals surface area contributed by atoms with Gasteiger partial charge >= 0.3 is 0 Å². The Labute approximate surface area is 209 Å². The van der Waals surface area contributed by atoms with Crippen molar-refractivity contribution in [2.24, 2.45) is 0 Å². The number of piperidine rings is 1. The number of anilines is 1. The normalized spacial score (nSPS) is 18.1. The molecule has 0 bridgehead atoms. The van der Waals surface area contributed by atoms with Crippen LogP contribution in [0.4, 0.5) is 5.69 Å². The van der Waals surface area contributed by atoms with Crippen molar-refractivity contribution in [1.29, 1.82) is 0 Å². The number of fused-ring (bicyclic) bond motifs is 1. The molecule has 1 aromatic heterocycles. The first-order chi connectivity index (χ1) is 17.2. The van der Waals surface area contributed by atoms with Crippen molar-refractivity contribution >= 4 is 17.5 Å². The molecule has 2 aliphatic rings. The molecule has 0 atom stereocenters. The van der Waals surface area contributed by atoms with E-state index in [9.17, 15) is 9.59 Å². The Balaban J connectivity index is 1.52. The highest BCUT2D eigenvalue weighted by molar-refractivity contribution is 6.06. The van der Waals surface area contributed by atoms with Gasteiger partial charge in [0.1, 0.15) is 0 Å². The van der Waals surface area contributed by atoms with E-state index in [1.165, 1.54) is 32.1 Å². The molecule has 3 heterocycles. The molecule has 7 nitrogen and oxygen atoms in total. The number of pyridine rings is 1. The van der Waals surface area contributed by atoms with E-state index in [0.717, 1.165) is 56.7 Å². The number of carbonyl (C=O) groups excluding carboxylic acids is 2. The van der Waals surface area contributed by atoms with Gasteiger partial charge in [-0.3, -0.25) is 14.6 Å². The Hall–Kier alpha value is -2.77. The van der Waals surface area contributed by atoms with Crippen molar-refractivity contribution in [3.8, 4) is 0 Å². The molecule has 2 N–H and O–H groups in total. The molecule has 0 radical (unpaired) electrons. The number of aromatic nitrogens is 1. The maximum atomic E-state index is 13.5. The van der Waals surface area contributed by atoms with Crippen molar-refractivity contribution in [2.75, 3.05) is 44.2 Å². The summed E-state index contributed by atoms with van der Waals surface area (Å²) >= 11 is 0. The summed E-state index contributed by atoms with van der Waals surface area (Å²) in [7, 11) is 0. The van der Waals surface area contributed by atoms with Crippen molar-refractivity contribution in [1.82, 2.24) is 20.5 Å². The predicted octanol–water partition coefficient (Wildman–Crippen LogP) is 4.00. The number of nitrogens with one attached hydrogen (secondary N) is 2. The molecular weight excluding hydrogens is 438 g/mol. The quantitative estimate of drug-likeness (QED) is 0.681. The first kappa shape index (κ1) is 25.3. The fourth-order valence-electron chi connectivity index (χ4n) is 4.99.